The molecule has 5 nitrogen and oxygen atoms in total. The van der Waals surface area contributed by atoms with E-state index < -0.39 is 0 Å². The van der Waals surface area contributed by atoms with Crippen LogP contribution in [0.15, 0.2) is 78.9 Å². The molecule has 0 aliphatic carbocycles. The van der Waals surface area contributed by atoms with E-state index in [1.54, 1.807) is 6.92 Å². The van der Waals surface area contributed by atoms with E-state index in [9.17, 15) is 4.79 Å². The first-order chi connectivity index (χ1) is 14.7. The second kappa shape index (κ2) is 9.18. The summed E-state index contributed by atoms with van der Waals surface area (Å²) in [5.74, 6) is 0.249. The fraction of sp³-hybridized carbons (Fsp3) is 0.160. The van der Waals surface area contributed by atoms with Gasteiger partial charge in [-0.3, -0.25) is 0 Å². The molecule has 0 saturated carbocycles. The molecule has 4 rings (SSSR count). The van der Waals surface area contributed by atoms with E-state index in [1.165, 1.54) is 11.1 Å². The maximum Gasteiger partial charge on any atom is 0.344 e. The van der Waals surface area contributed by atoms with Crippen LogP contribution in [0.3, 0.4) is 0 Å². The fourth-order valence-electron chi connectivity index (χ4n) is 3.45. The van der Waals surface area contributed by atoms with Gasteiger partial charge in [0, 0.05) is 29.1 Å². The molecule has 0 bridgehead atoms. The number of benzene rings is 3. The number of anilines is 2. The Hall–Kier alpha value is -3.73. The predicted molar refractivity (Wildman–Crippen MR) is 120 cm³/mol. The molecule has 3 aromatic rings. The van der Waals surface area contributed by atoms with Crippen LogP contribution in [-0.4, -0.2) is 25.7 Å². The van der Waals surface area contributed by atoms with Crippen molar-refractivity contribution in [2.75, 3.05) is 30.4 Å². The van der Waals surface area contributed by atoms with Crippen molar-refractivity contribution in [1.82, 2.24) is 0 Å². The van der Waals surface area contributed by atoms with Crippen LogP contribution >= 0.6 is 0 Å². The Morgan fingerprint density at radius 1 is 0.967 bits per heavy atom. The molecule has 0 spiro atoms. The zero-order valence-corrected chi connectivity index (χ0v) is 16.9. The fourth-order valence-corrected chi connectivity index (χ4v) is 3.45. The summed E-state index contributed by atoms with van der Waals surface area (Å²) in [6.45, 7) is 2.79. The number of esters is 1. The van der Waals surface area contributed by atoms with Gasteiger partial charge in [-0.15, -0.1) is 0 Å². The van der Waals surface area contributed by atoms with Gasteiger partial charge in [-0.25, -0.2) is 4.79 Å². The van der Waals surface area contributed by atoms with Crippen LogP contribution in [0.1, 0.15) is 18.1 Å². The summed E-state index contributed by atoms with van der Waals surface area (Å²) in [4.78, 5) is 11.5. The van der Waals surface area contributed by atoms with Crippen molar-refractivity contribution in [3.05, 3.63) is 90.0 Å². The minimum absolute atomic E-state index is 0.0949. The Labute approximate surface area is 176 Å². The number of ether oxygens (including phenoxy) is 2. The average molecular weight is 400 g/mol. The van der Waals surface area contributed by atoms with Crippen molar-refractivity contribution < 1.29 is 14.3 Å². The number of carbonyl (C=O) groups is 1. The van der Waals surface area contributed by atoms with Crippen molar-refractivity contribution in [3.8, 4) is 5.75 Å². The van der Waals surface area contributed by atoms with E-state index in [0.29, 0.717) is 12.4 Å². The summed E-state index contributed by atoms with van der Waals surface area (Å²) >= 11 is 0. The van der Waals surface area contributed by atoms with Crippen molar-refractivity contribution in [2.24, 2.45) is 0 Å². The number of nitrogens with one attached hydrogen (secondary N) is 2. The molecule has 0 unspecified atom stereocenters. The number of carbonyl (C=O) groups excluding carboxylic acids is 1. The molecule has 1 aliphatic heterocycles. The number of hydrogen-bond donors (Lipinski definition) is 2. The monoisotopic (exact) mass is 400 g/mol. The summed E-state index contributed by atoms with van der Waals surface area (Å²) in [5, 5.41) is 7.05. The smallest absolute Gasteiger partial charge is 0.344 e. The summed E-state index contributed by atoms with van der Waals surface area (Å²) < 4.78 is 10.4. The van der Waals surface area contributed by atoms with Crippen molar-refractivity contribution in [1.29, 1.82) is 0 Å². The Kier molecular flexibility index (Phi) is 5.99. The SMILES string of the molecule is CCOC(=O)COc1ccc(N/C(=C2\CNc3ccccc32)c2ccccc2)cc1. The van der Waals surface area contributed by atoms with Crippen molar-refractivity contribution in [3.63, 3.8) is 0 Å². The lowest BCUT2D eigenvalue weighted by atomic mass is 10.0. The third-order valence-electron chi connectivity index (χ3n) is 4.86. The number of fused-ring (bicyclic) bond motifs is 1. The standard InChI is InChI=1S/C25H24N2O3/c1-2-29-24(28)17-30-20-14-12-19(13-15-20)27-25(18-8-4-3-5-9-18)22-16-26-23-11-7-6-10-21(22)23/h3-15,26-27H,2,16-17H2,1H3/b25-22+. The number of para-hydroxylation sites is 1. The van der Waals surface area contributed by atoms with Crippen LogP contribution in [0, 0.1) is 0 Å². The zero-order valence-electron chi connectivity index (χ0n) is 16.9. The molecule has 0 atom stereocenters. The van der Waals surface area contributed by atoms with Crippen LogP contribution in [0.5, 0.6) is 5.75 Å². The normalized spacial score (nSPS) is 13.8. The van der Waals surface area contributed by atoms with Gasteiger partial charge in [-0.2, -0.15) is 0 Å². The van der Waals surface area contributed by atoms with Gasteiger partial charge in [0.05, 0.1) is 12.3 Å². The van der Waals surface area contributed by atoms with Crippen LogP contribution in [0.4, 0.5) is 11.4 Å². The highest BCUT2D eigenvalue weighted by Gasteiger charge is 2.20. The summed E-state index contributed by atoms with van der Waals surface area (Å²) in [5.41, 5.74) is 6.69. The minimum Gasteiger partial charge on any atom is -0.482 e. The second-order valence-corrected chi connectivity index (χ2v) is 6.86. The Balaban J connectivity index is 1.58. The topological polar surface area (TPSA) is 59.6 Å². The van der Waals surface area contributed by atoms with Crippen molar-refractivity contribution >= 4 is 28.6 Å². The van der Waals surface area contributed by atoms with Crippen LogP contribution < -0.4 is 15.4 Å². The quantitative estimate of drug-likeness (QED) is 0.545. The molecule has 2 N–H and O–H groups in total. The van der Waals surface area contributed by atoms with Gasteiger partial charge in [0.2, 0.25) is 0 Å². The number of hydrogen-bond acceptors (Lipinski definition) is 5. The first kappa shape index (κ1) is 19.6. The van der Waals surface area contributed by atoms with Gasteiger partial charge >= 0.3 is 5.97 Å². The van der Waals surface area contributed by atoms with Gasteiger partial charge in [0.1, 0.15) is 5.75 Å². The highest BCUT2D eigenvalue weighted by atomic mass is 16.6. The molecule has 0 saturated heterocycles. The van der Waals surface area contributed by atoms with Gasteiger partial charge in [-0.1, -0.05) is 48.5 Å². The largest absolute Gasteiger partial charge is 0.482 e. The summed E-state index contributed by atoms with van der Waals surface area (Å²) in [6.07, 6.45) is 0. The first-order valence-electron chi connectivity index (χ1n) is 10.0. The van der Waals surface area contributed by atoms with E-state index in [0.717, 1.165) is 29.2 Å². The molecule has 0 aromatic heterocycles. The lowest BCUT2D eigenvalue weighted by Gasteiger charge is -2.16. The molecule has 1 heterocycles. The summed E-state index contributed by atoms with van der Waals surface area (Å²) in [6, 6.07) is 26.2. The second-order valence-electron chi connectivity index (χ2n) is 6.86. The lowest BCUT2D eigenvalue weighted by Crippen LogP contribution is -2.14. The molecular weight excluding hydrogens is 376 g/mol. The molecule has 30 heavy (non-hydrogen) atoms. The minimum atomic E-state index is -0.372. The van der Waals surface area contributed by atoms with Gasteiger partial charge in [-0.05, 0) is 42.8 Å². The van der Waals surface area contributed by atoms with E-state index in [1.807, 2.05) is 48.5 Å². The van der Waals surface area contributed by atoms with E-state index in [2.05, 4.69) is 41.0 Å². The van der Waals surface area contributed by atoms with E-state index >= 15 is 0 Å². The maximum atomic E-state index is 11.5. The Bertz CT molecular complexity index is 1040. The molecule has 1 aliphatic rings. The van der Waals surface area contributed by atoms with Crippen LogP contribution in [-0.2, 0) is 9.53 Å². The maximum absolute atomic E-state index is 11.5. The first-order valence-corrected chi connectivity index (χ1v) is 10.0. The molecule has 5 heteroatoms. The third-order valence-corrected chi connectivity index (χ3v) is 4.86. The van der Waals surface area contributed by atoms with Crippen molar-refractivity contribution in [2.45, 2.75) is 6.92 Å². The van der Waals surface area contributed by atoms with Gasteiger partial charge in [0.25, 0.3) is 0 Å². The van der Waals surface area contributed by atoms with Crippen LogP contribution in [0.25, 0.3) is 11.3 Å². The lowest BCUT2D eigenvalue weighted by molar-refractivity contribution is -0.145. The molecule has 0 radical (unpaired) electrons. The summed E-state index contributed by atoms with van der Waals surface area (Å²) in [7, 11) is 0. The van der Waals surface area contributed by atoms with Gasteiger partial charge in [0.15, 0.2) is 6.61 Å². The molecule has 0 fully saturated rings. The molecule has 152 valence electrons. The van der Waals surface area contributed by atoms with Crippen LogP contribution in [0.2, 0.25) is 0 Å². The highest BCUT2D eigenvalue weighted by molar-refractivity contribution is 6.02. The molecule has 3 aromatic carbocycles. The Morgan fingerprint density at radius 3 is 2.47 bits per heavy atom. The van der Waals surface area contributed by atoms with Gasteiger partial charge < -0.3 is 20.1 Å². The molecular formula is C25H24N2O3. The highest BCUT2D eigenvalue weighted by Crippen LogP contribution is 2.36. The Morgan fingerprint density at radius 2 is 1.70 bits per heavy atom. The zero-order chi connectivity index (χ0) is 20.8. The third kappa shape index (κ3) is 4.46. The van der Waals surface area contributed by atoms with E-state index in [4.69, 9.17) is 9.47 Å². The van der Waals surface area contributed by atoms with E-state index in [-0.39, 0.29) is 12.6 Å². The number of rotatable bonds is 7. The molecule has 0 amide bonds. The average Bonchev–Trinajstić information content (AvgIpc) is 3.22. The predicted octanol–water partition coefficient (Wildman–Crippen LogP) is 5.03.